The van der Waals surface area contributed by atoms with Gasteiger partial charge in [0, 0.05) is 12.1 Å². The third-order valence-corrected chi connectivity index (χ3v) is 4.02. The monoisotopic (exact) mass is 445 g/mol. The van der Waals surface area contributed by atoms with E-state index >= 15 is 0 Å². The van der Waals surface area contributed by atoms with E-state index in [-0.39, 0.29) is 18.7 Å². The number of carbonyl (C=O) groups excluding carboxylic acids is 3. The molecule has 0 saturated heterocycles. The van der Waals surface area contributed by atoms with E-state index in [4.69, 9.17) is 14.2 Å². The van der Waals surface area contributed by atoms with E-state index in [2.05, 4.69) is 5.32 Å². The van der Waals surface area contributed by atoms with Crippen LogP contribution in [0.5, 0.6) is 0 Å². The first-order chi connectivity index (χ1) is 13.7. The van der Waals surface area contributed by atoms with Gasteiger partial charge in [0.2, 0.25) is 5.54 Å². The average Bonchev–Trinajstić information content (AvgIpc) is 2.59. The number of methoxy groups -OCH3 is 1. The fourth-order valence-electron chi connectivity index (χ4n) is 2.42. The topological polar surface area (TPSA) is 160 Å². The molecule has 1 atom stereocenters. The van der Waals surface area contributed by atoms with Crippen molar-refractivity contribution in [1.29, 1.82) is 0 Å². The molecule has 0 aliphatic rings. The van der Waals surface area contributed by atoms with Crippen LogP contribution in [-0.4, -0.2) is 55.9 Å². The van der Waals surface area contributed by atoms with Crippen LogP contribution in [0.1, 0.15) is 33.3 Å². The smallest absolute Gasteiger partial charge is 0.409 e. The molecule has 1 unspecified atom stereocenters. The number of alkyl carbamates (subject to hydrolysis) is 1. The molecule has 0 saturated carbocycles. The fraction of sp³-hybridized carbons (Fsp3) is 0.500. The van der Waals surface area contributed by atoms with Crippen molar-refractivity contribution in [3.63, 3.8) is 0 Å². The fourth-order valence-corrected chi connectivity index (χ4v) is 2.85. The van der Waals surface area contributed by atoms with Gasteiger partial charge < -0.3 is 18.8 Å². The van der Waals surface area contributed by atoms with Gasteiger partial charge in [-0.15, -0.1) is 0 Å². The molecule has 1 rings (SSSR count). The van der Waals surface area contributed by atoms with Gasteiger partial charge in [-0.25, -0.2) is 22.8 Å². The first-order valence-electron chi connectivity index (χ1n) is 8.82. The summed E-state index contributed by atoms with van der Waals surface area (Å²) in [6.07, 6.45) is -1.43. The Hall–Kier alpha value is -2.86. The SMILES string of the molecule is CCOC(=O)C(Cc1ccc(NS(=O)(=O)[O-])cc1)(NC(=O)OC(C)(C)C)C(=O)OC. The summed E-state index contributed by atoms with van der Waals surface area (Å²) in [5, 5.41) is 2.25. The lowest BCUT2D eigenvalue weighted by molar-refractivity contribution is -0.164. The number of anilines is 1. The summed E-state index contributed by atoms with van der Waals surface area (Å²) in [5.41, 5.74) is -2.85. The second kappa shape index (κ2) is 9.76. The number of esters is 2. The van der Waals surface area contributed by atoms with Crippen LogP contribution in [0, 0.1) is 0 Å². The number of amides is 1. The Bertz CT molecular complexity index is 876. The maximum atomic E-state index is 12.7. The van der Waals surface area contributed by atoms with Crippen molar-refractivity contribution >= 4 is 34.0 Å². The lowest BCUT2D eigenvalue weighted by Crippen LogP contribution is -2.63. The molecule has 11 nitrogen and oxygen atoms in total. The molecule has 168 valence electrons. The lowest BCUT2D eigenvalue weighted by Gasteiger charge is -2.31. The predicted octanol–water partition coefficient (Wildman–Crippen LogP) is 1.10. The van der Waals surface area contributed by atoms with Gasteiger partial charge in [-0.3, -0.25) is 10.0 Å². The van der Waals surface area contributed by atoms with Gasteiger partial charge in [-0.05, 0) is 45.4 Å². The summed E-state index contributed by atoms with van der Waals surface area (Å²) in [6, 6.07) is 5.24. The van der Waals surface area contributed by atoms with Gasteiger partial charge in [0.05, 0.1) is 13.7 Å². The summed E-state index contributed by atoms with van der Waals surface area (Å²) in [7, 11) is -3.68. The Morgan fingerprint density at radius 2 is 1.63 bits per heavy atom. The van der Waals surface area contributed by atoms with Crippen LogP contribution >= 0.6 is 0 Å². The number of benzene rings is 1. The largest absolute Gasteiger partial charge is 0.731 e. The quantitative estimate of drug-likeness (QED) is 0.258. The number of hydrogen-bond donors (Lipinski definition) is 2. The first kappa shape index (κ1) is 25.2. The predicted molar refractivity (Wildman–Crippen MR) is 104 cm³/mol. The Labute approximate surface area is 174 Å². The van der Waals surface area contributed by atoms with E-state index in [9.17, 15) is 27.4 Å². The standard InChI is InChI=1S/C18H26N2O9S/c1-6-28-15(22)18(14(21)27-5,19-16(23)29-17(2,3)4)11-12-7-9-13(10-8-12)20-30(24,25)26/h7-10,20H,6,11H2,1-5H3,(H,19,23)(H,24,25,26)/p-1. The molecule has 0 aromatic heterocycles. The van der Waals surface area contributed by atoms with Crippen LogP contribution in [0.4, 0.5) is 10.5 Å². The number of ether oxygens (including phenoxy) is 3. The van der Waals surface area contributed by atoms with Crippen LogP contribution < -0.4 is 10.0 Å². The highest BCUT2D eigenvalue weighted by molar-refractivity contribution is 7.87. The van der Waals surface area contributed by atoms with Gasteiger partial charge >= 0.3 is 18.0 Å². The zero-order valence-electron chi connectivity index (χ0n) is 17.3. The molecular weight excluding hydrogens is 420 g/mol. The third kappa shape index (κ3) is 7.52. The van der Waals surface area contributed by atoms with E-state index in [1.807, 2.05) is 0 Å². The van der Waals surface area contributed by atoms with Gasteiger partial charge in [0.25, 0.3) is 0 Å². The van der Waals surface area contributed by atoms with E-state index < -0.39 is 39.5 Å². The second-order valence-corrected chi connectivity index (χ2v) is 8.29. The molecule has 0 aliphatic heterocycles. The van der Waals surface area contributed by atoms with Crippen molar-refractivity contribution in [3.05, 3.63) is 29.8 Å². The molecule has 30 heavy (non-hydrogen) atoms. The molecule has 0 bridgehead atoms. The average molecular weight is 445 g/mol. The Morgan fingerprint density at radius 1 is 1.07 bits per heavy atom. The van der Waals surface area contributed by atoms with Crippen LogP contribution in [0.15, 0.2) is 24.3 Å². The Morgan fingerprint density at radius 3 is 2.07 bits per heavy atom. The molecule has 2 N–H and O–H groups in total. The van der Waals surface area contributed by atoms with Gasteiger partial charge in [-0.1, -0.05) is 12.1 Å². The molecule has 0 spiro atoms. The molecule has 0 radical (unpaired) electrons. The molecule has 1 aromatic carbocycles. The van der Waals surface area contributed by atoms with Gasteiger partial charge in [0.1, 0.15) is 5.60 Å². The zero-order chi connectivity index (χ0) is 23.2. The Balaban J connectivity index is 3.31. The maximum absolute atomic E-state index is 12.7. The molecular formula is C18H25N2O9S-. The van der Waals surface area contributed by atoms with E-state index in [0.29, 0.717) is 5.56 Å². The highest BCUT2D eigenvalue weighted by Crippen LogP contribution is 2.21. The van der Waals surface area contributed by atoms with Gasteiger partial charge in [-0.2, -0.15) is 0 Å². The van der Waals surface area contributed by atoms with Crippen LogP contribution in [0.25, 0.3) is 0 Å². The van der Waals surface area contributed by atoms with Crippen LogP contribution in [0.3, 0.4) is 0 Å². The minimum absolute atomic E-state index is 0.0198. The van der Waals surface area contributed by atoms with Crippen molar-refractivity contribution < 1.29 is 41.6 Å². The van der Waals surface area contributed by atoms with Crippen molar-refractivity contribution in [3.8, 4) is 0 Å². The normalized spacial score (nSPS) is 13.5. The summed E-state index contributed by atoms with van der Waals surface area (Å²) in [6.45, 7) is 6.26. The Kier molecular flexibility index (Phi) is 8.19. The molecule has 12 heteroatoms. The molecule has 0 fully saturated rings. The van der Waals surface area contributed by atoms with Crippen LogP contribution in [-0.2, 0) is 40.5 Å². The number of hydrogen-bond acceptors (Lipinski definition) is 9. The highest BCUT2D eigenvalue weighted by Gasteiger charge is 2.51. The van der Waals surface area contributed by atoms with Crippen LogP contribution in [0.2, 0.25) is 0 Å². The second-order valence-electron chi connectivity index (χ2n) is 7.17. The first-order valence-corrected chi connectivity index (χ1v) is 10.2. The molecule has 0 heterocycles. The summed E-state index contributed by atoms with van der Waals surface area (Å²) in [5.74, 6) is -2.15. The zero-order valence-corrected chi connectivity index (χ0v) is 18.1. The molecule has 0 aliphatic carbocycles. The van der Waals surface area contributed by atoms with Crippen molar-refractivity contribution in [2.24, 2.45) is 0 Å². The van der Waals surface area contributed by atoms with E-state index in [1.165, 1.54) is 31.2 Å². The lowest BCUT2D eigenvalue weighted by atomic mass is 9.90. The minimum Gasteiger partial charge on any atom is -0.731 e. The molecule has 1 aromatic rings. The summed E-state index contributed by atoms with van der Waals surface area (Å²) < 4.78 is 49.0. The van der Waals surface area contributed by atoms with E-state index in [1.54, 1.807) is 25.5 Å². The van der Waals surface area contributed by atoms with Gasteiger partial charge in [0.15, 0.2) is 10.3 Å². The van der Waals surface area contributed by atoms with Crippen molar-refractivity contribution in [2.45, 2.75) is 45.3 Å². The maximum Gasteiger partial charge on any atom is 0.409 e. The number of carbonyl (C=O) groups is 3. The highest BCUT2D eigenvalue weighted by atomic mass is 32.2. The minimum atomic E-state index is -4.72. The van der Waals surface area contributed by atoms with E-state index in [0.717, 1.165) is 7.11 Å². The summed E-state index contributed by atoms with van der Waals surface area (Å²) >= 11 is 0. The molecule has 1 amide bonds. The number of nitrogens with one attached hydrogen (secondary N) is 2. The third-order valence-electron chi connectivity index (χ3n) is 3.54. The summed E-state index contributed by atoms with van der Waals surface area (Å²) in [4.78, 5) is 37.6. The van der Waals surface area contributed by atoms with Crippen molar-refractivity contribution in [2.75, 3.05) is 18.4 Å². The van der Waals surface area contributed by atoms with Crippen molar-refractivity contribution in [1.82, 2.24) is 5.32 Å². The number of rotatable bonds is 8.